The van der Waals surface area contributed by atoms with Crippen LogP contribution in [0.3, 0.4) is 0 Å². The normalized spacial score (nSPS) is 13.4. The lowest BCUT2D eigenvalue weighted by Gasteiger charge is -2.30. The molecule has 1 aromatic rings. The summed E-state index contributed by atoms with van der Waals surface area (Å²) in [7, 11) is 0. The predicted molar refractivity (Wildman–Crippen MR) is 55.4 cm³/mol. The van der Waals surface area contributed by atoms with Crippen molar-refractivity contribution in [1.82, 2.24) is 0 Å². The summed E-state index contributed by atoms with van der Waals surface area (Å²) in [4.78, 5) is 0. The molecule has 11 heteroatoms. The van der Waals surface area contributed by atoms with Gasteiger partial charge in [0.15, 0.2) is 5.69 Å². The van der Waals surface area contributed by atoms with Crippen LogP contribution in [0.15, 0.2) is 17.2 Å². The van der Waals surface area contributed by atoms with Gasteiger partial charge in [-0.3, -0.25) is 0 Å². The number of nitrogens with two attached hydrogens (primary N) is 1. The van der Waals surface area contributed by atoms with Crippen molar-refractivity contribution in [2.24, 2.45) is 5.11 Å². The van der Waals surface area contributed by atoms with Crippen molar-refractivity contribution in [3.05, 3.63) is 27.7 Å². The van der Waals surface area contributed by atoms with Crippen LogP contribution >= 0.6 is 23.2 Å². The molecule has 0 aromatic heterocycles. The summed E-state index contributed by atoms with van der Waals surface area (Å²) < 4.78 is 88.7. The van der Waals surface area contributed by atoms with Gasteiger partial charge in [0.2, 0.25) is 0 Å². The molecule has 2 nitrogen and oxygen atoms in total. The lowest BCUT2D eigenvalue weighted by molar-refractivity contribution is -0.348. The van der Waals surface area contributed by atoms with Gasteiger partial charge in [-0.05, 0) is 17.2 Å². The van der Waals surface area contributed by atoms with E-state index >= 15 is 0 Å². The zero-order chi connectivity index (χ0) is 15.9. The van der Waals surface area contributed by atoms with Gasteiger partial charge in [0, 0.05) is 5.56 Å². The van der Waals surface area contributed by atoms with E-state index in [0.717, 1.165) is 0 Å². The van der Waals surface area contributed by atoms with E-state index in [4.69, 9.17) is 28.7 Å². The zero-order valence-corrected chi connectivity index (χ0v) is 10.6. The number of alkyl halides is 7. The van der Waals surface area contributed by atoms with E-state index in [0.29, 0.717) is 0 Å². The maximum absolute atomic E-state index is 13.7. The minimum Gasteiger partial charge on any atom is -0.218 e. The average Bonchev–Trinajstić information content (AvgIpc) is 2.24. The number of nitrogens with zero attached hydrogens (tertiary/aromatic N) is 1. The number of hydrogen-bond acceptors (Lipinski definition) is 1. The van der Waals surface area contributed by atoms with Crippen LogP contribution in [0.2, 0.25) is 10.0 Å². The Morgan fingerprint density at radius 2 is 1.20 bits per heavy atom. The van der Waals surface area contributed by atoms with Gasteiger partial charge in [-0.25, -0.2) is 4.39 Å². The largest absolute Gasteiger partial charge is 0.435 e. The molecule has 0 unspecified atom stereocenters. The van der Waals surface area contributed by atoms with Crippen LogP contribution in [-0.2, 0) is 5.67 Å². The molecule has 0 spiro atoms. The Kier molecular flexibility index (Phi) is 4.27. The van der Waals surface area contributed by atoms with Crippen LogP contribution < -0.4 is 5.53 Å². The molecule has 20 heavy (non-hydrogen) atoms. The van der Waals surface area contributed by atoms with E-state index in [2.05, 4.69) is 5.11 Å². The molecule has 0 saturated carbocycles. The molecule has 0 saturated heterocycles. The van der Waals surface area contributed by atoms with Gasteiger partial charge in [-0.2, -0.15) is 31.9 Å². The quantitative estimate of drug-likeness (QED) is 0.619. The first-order chi connectivity index (χ1) is 8.86. The smallest absolute Gasteiger partial charge is 0.218 e. The standard InChI is InChI=1S/C9H3Cl2F7N2/c10-4-1-3(2-5(11)6(4)20-19)7(12,8(13,14)15)9(16,17)18/h1-2,19H/p+1. The lowest BCUT2D eigenvalue weighted by atomic mass is 9.94. The van der Waals surface area contributed by atoms with E-state index in [9.17, 15) is 30.7 Å². The summed E-state index contributed by atoms with van der Waals surface area (Å²) in [5.41, 5.74) is -3.07. The molecule has 1 aromatic carbocycles. The second kappa shape index (κ2) is 5.03. The molecule has 0 heterocycles. The third-order valence-corrected chi connectivity index (χ3v) is 2.90. The monoisotopic (exact) mass is 343 g/mol. The van der Waals surface area contributed by atoms with E-state index in [1.165, 1.54) is 0 Å². The number of rotatable bonds is 2. The third kappa shape index (κ3) is 2.56. The molecule has 1 rings (SSSR count). The first kappa shape index (κ1) is 17.0. The molecule has 2 N–H and O–H groups in total. The molecule has 0 aliphatic heterocycles. The average molecular weight is 344 g/mol. The molecule has 0 aliphatic carbocycles. The fourth-order valence-electron chi connectivity index (χ4n) is 1.38. The van der Waals surface area contributed by atoms with Gasteiger partial charge >= 0.3 is 18.0 Å². The van der Waals surface area contributed by atoms with Crippen LogP contribution in [0.1, 0.15) is 5.56 Å². The molecule has 0 bridgehead atoms. The van der Waals surface area contributed by atoms with Gasteiger partial charge in [-0.1, -0.05) is 23.2 Å². The second-order valence-corrected chi connectivity index (χ2v) is 4.39. The van der Waals surface area contributed by atoms with Gasteiger partial charge in [0.05, 0.1) is 10.0 Å². The third-order valence-electron chi connectivity index (χ3n) is 2.33. The van der Waals surface area contributed by atoms with Crippen molar-refractivity contribution in [3.8, 4) is 0 Å². The van der Waals surface area contributed by atoms with E-state index in [1.54, 1.807) is 0 Å². The number of hydrogen-bond donors (Lipinski definition) is 1. The highest BCUT2D eigenvalue weighted by atomic mass is 35.5. The maximum Gasteiger partial charge on any atom is 0.435 e. The molecule has 0 amide bonds. The fourth-order valence-corrected chi connectivity index (χ4v) is 1.96. The summed E-state index contributed by atoms with van der Waals surface area (Å²) in [6, 6.07) is 0.250. The van der Waals surface area contributed by atoms with Crippen LogP contribution in [-0.4, -0.2) is 12.4 Å². The van der Waals surface area contributed by atoms with Crippen molar-refractivity contribution in [2.45, 2.75) is 18.0 Å². The molecule has 0 radical (unpaired) electrons. The molecule has 112 valence electrons. The first-order valence-electron chi connectivity index (χ1n) is 4.59. The van der Waals surface area contributed by atoms with Gasteiger partial charge in [0.1, 0.15) is 0 Å². The van der Waals surface area contributed by atoms with Crippen LogP contribution in [0.4, 0.5) is 36.4 Å². The van der Waals surface area contributed by atoms with Gasteiger partial charge < -0.3 is 0 Å². The predicted octanol–water partition coefficient (Wildman–Crippen LogP) is 4.13. The Balaban J connectivity index is 3.65. The zero-order valence-electron chi connectivity index (χ0n) is 9.08. The lowest BCUT2D eigenvalue weighted by Crippen LogP contribution is -2.50. The second-order valence-electron chi connectivity index (χ2n) is 3.57. The summed E-state index contributed by atoms with van der Waals surface area (Å²) in [5, 5.41) is 1.48. The first-order valence-corrected chi connectivity index (χ1v) is 5.34. The van der Waals surface area contributed by atoms with Crippen molar-refractivity contribution < 1.29 is 36.3 Å². The highest BCUT2D eigenvalue weighted by Gasteiger charge is 2.73. The van der Waals surface area contributed by atoms with Crippen molar-refractivity contribution in [2.75, 3.05) is 0 Å². The van der Waals surface area contributed by atoms with E-state index in [-0.39, 0.29) is 12.1 Å². The van der Waals surface area contributed by atoms with E-state index in [1.807, 2.05) is 0 Å². The van der Waals surface area contributed by atoms with Gasteiger partial charge in [-0.15, -0.1) is 0 Å². The van der Waals surface area contributed by atoms with Crippen molar-refractivity contribution in [1.29, 1.82) is 0 Å². The number of benzene rings is 1. The van der Waals surface area contributed by atoms with Crippen molar-refractivity contribution >= 4 is 28.9 Å². The minimum atomic E-state index is -6.25. The Hall–Kier alpha value is -1.09. The Bertz CT molecular complexity index is 501. The highest BCUT2D eigenvalue weighted by Crippen LogP contribution is 2.54. The van der Waals surface area contributed by atoms with Crippen LogP contribution in [0.25, 0.3) is 0 Å². The summed E-state index contributed by atoms with van der Waals surface area (Å²) in [6.07, 6.45) is -12.5. The van der Waals surface area contributed by atoms with E-state index < -0.39 is 39.3 Å². The van der Waals surface area contributed by atoms with Crippen LogP contribution in [0.5, 0.6) is 0 Å². The Morgan fingerprint density at radius 1 is 0.850 bits per heavy atom. The molecular weight excluding hydrogens is 340 g/mol. The molecule has 0 fully saturated rings. The SMILES string of the molecule is [NH2+]=Nc1c(Cl)cc(C(F)(C(F)(F)F)C(F)(F)F)cc1Cl. The summed E-state index contributed by atoms with van der Waals surface area (Å²) in [5.74, 6) is 0. The Labute approximate surface area is 117 Å². The van der Waals surface area contributed by atoms with Crippen LogP contribution in [0, 0.1) is 0 Å². The summed E-state index contributed by atoms with van der Waals surface area (Å²) in [6.45, 7) is 0. The maximum atomic E-state index is 13.7. The Morgan fingerprint density at radius 3 is 1.45 bits per heavy atom. The van der Waals surface area contributed by atoms with Gasteiger partial charge in [0.25, 0.3) is 0 Å². The molecule has 0 atom stereocenters. The molecule has 0 aliphatic rings. The summed E-state index contributed by atoms with van der Waals surface area (Å²) >= 11 is 10.8. The fraction of sp³-hybridized carbons (Fsp3) is 0.333. The number of halogens is 9. The highest BCUT2D eigenvalue weighted by molar-refractivity contribution is 6.38. The molecular formula is C9H4Cl2F7N2+. The topological polar surface area (TPSA) is 38.0 Å². The van der Waals surface area contributed by atoms with Crippen molar-refractivity contribution in [3.63, 3.8) is 0 Å². The minimum absolute atomic E-state index is 0.125.